The summed E-state index contributed by atoms with van der Waals surface area (Å²) in [6.07, 6.45) is 2.48. The van der Waals surface area contributed by atoms with Crippen molar-refractivity contribution < 1.29 is 14.3 Å². The molecule has 2 fully saturated rings. The summed E-state index contributed by atoms with van der Waals surface area (Å²) >= 11 is 3.38. The number of rotatable bonds is 3. The molecule has 5 heteroatoms. The van der Waals surface area contributed by atoms with Gasteiger partial charge in [-0.15, -0.1) is 6.58 Å². The minimum atomic E-state index is -0.862. The average Bonchev–Trinajstić information content (AvgIpc) is 2.92. The van der Waals surface area contributed by atoms with Gasteiger partial charge in [0.25, 0.3) is 5.91 Å². The molecular weight excluding hydrogens is 322 g/mol. The van der Waals surface area contributed by atoms with Crippen LogP contribution in [0.3, 0.4) is 0 Å². The molecule has 0 aliphatic carbocycles. The fourth-order valence-electron chi connectivity index (χ4n) is 3.04. The molecule has 2 saturated heterocycles. The van der Waals surface area contributed by atoms with Crippen molar-refractivity contribution in [2.75, 3.05) is 6.54 Å². The Morgan fingerprint density at radius 3 is 2.95 bits per heavy atom. The highest BCUT2D eigenvalue weighted by atomic mass is 79.9. The number of morpholine rings is 1. The minimum absolute atomic E-state index is 0.140. The molecule has 0 N–H and O–H groups in total. The highest BCUT2D eigenvalue weighted by molar-refractivity contribution is 9.10. The zero-order valence-electron chi connectivity index (χ0n) is 10.8. The van der Waals surface area contributed by atoms with Crippen LogP contribution in [0.2, 0.25) is 0 Å². The first-order valence-corrected chi connectivity index (χ1v) is 7.26. The Labute approximate surface area is 125 Å². The molecule has 2 aliphatic heterocycles. The molecule has 1 aromatic rings. The van der Waals surface area contributed by atoms with Crippen molar-refractivity contribution in [1.29, 1.82) is 0 Å². The molecule has 0 unspecified atom stereocenters. The smallest absolute Gasteiger partial charge is 0.332 e. The number of benzene rings is 1. The van der Waals surface area contributed by atoms with E-state index < -0.39 is 5.54 Å². The molecule has 2 heterocycles. The molecule has 104 valence electrons. The number of carbonyl (C=O) groups excluding carboxylic acids is 2. The quantitative estimate of drug-likeness (QED) is 0.630. The lowest BCUT2D eigenvalue weighted by Crippen LogP contribution is -2.54. The van der Waals surface area contributed by atoms with E-state index in [0.717, 1.165) is 4.47 Å². The van der Waals surface area contributed by atoms with E-state index in [4.69, 9.17) is 4.74 Å². The number of nitrogens with zero attached hydrogens (tertiary/aromatic N) is 1. The van der Waals surface area contributed by atoms with Crippen LogP contribution in [0.25, 0.3) is 0 Å². The number of hydrogen-bond donors (Lipinski definition) is 0. The Morgan fingerprint density at radius 2 is 2.30 bits per heavy atom. The predicted octanol–water partition coefficient (Wildman–Crippen LogP) is 2.54. The largest absolute Gasteiger partial charge is 0.459 e. The number of ether oxygens (including phenoxy) is 1. The summed E-state index contributed by atoms with van der Waals surface area (Å²) in [5.41, 5.74) is -0.296. The molecule has 20 heavy (non-hydrogen) atoms. The van der Waals surface area contributed by atoms with Crippen molar-refractivity contribution in [2.45, 2.75) is 24.5 Å². The standard InChI is InChI=1S/C15H14BrNO3/c1-2-7-15-8-10(20-14(15)19)9-17(15)13(18)11-5-3-4-6-12(11)16/h2-6,10H,1,7-9H2/t10-,15-/m1/s1. The molecule has 4 nitrogen and oxygen atoms in total. The third-order valence-electron chi connectivity index (χ3n) is 3.95. The van der Waals surface area contributed by atoms with Crippen LogP contribution in [0.4, 0.5) is 0 Å². The van der Waals surface area contributed by atoms with Crippen LogP contribution in [-0.4, -0.2) is 35.0 Å². The molecule has 2 aliphatic rings. The van der Waals surface area contributed by atoms with E-state index in [0.29, 0.717) is 24.9 Å². The normalized spacial score (nSPS) is 27.6. The van der Waals surface area contributed by atoms with Crippen molar-refractivity contribution in [3.63, 3.8) is 0 Å². The summed E-state index contributed by atoms with van der Waals surface area (Å²) in [6.45, 7) is 4.16. The maximum atomic E-state index is 12.7. The summed E-state index contributed by atoms with van der Waals surface area (Å²) in [5.74, 6) is -0.451. The molecule has 0 spiro atoms. The average molecular weight is 336 g/mol. The van der Waals surface area contributed by atoms with Crippen molar-refractivity contribution in [2.24, 2.45) is 0 Å². The van der Waals surface area contributed by atoms with Gasteiger partial charge in [0.2, 0.25) is 0 Å². The lowest BCUT2D eigenvalue weighted by Gasteiger charge is -2.35. The second-order valence-electron chi connectivity index (χ2n) is 5.15. The molecule has 2 atom stereocenters. The maximum Gasteiger partial charge on any atom is 0.332 e. The number of esters is 1. The monoisotopic (exact) mass is 335 g/mol. The lowest BCUT2D eigenvalue weighted by atomic mass is 9.93. The Kier molecular flexibility index (Phi) is 3.17. The van der Waals surface area contributed by atoms with Crippen LogP contribution in [-0.2, 0) is 9.53 Å². The van der Waals surface area contributed by atoms with Crippen molar-refractivity contribution in [3.05, 3.63) is 47.0 Å². The molecule has 0 saturated carbocycles. The van der Waals surface area contributed by atoms with Crippen LogP contribution >= 0.6 is 15.9 Å². The number of hydrogen-bond acceptors (Lipinski definition) is 3. The summed E-state index contributed by atoms with van der Waals surface area (Å²) in [6, 6.07) is 7.24. The molecular formula is C15H14BrNO3. The Morgan fingerprint density at radius 1 is 1.55 bits per heavy atom. The van der Waals surface area contributed by atoms with Gasteiger partial charge < -0.3 is 9.64 Å². The Hall–Kier alpha value is -1.62. The molecule has 0 radical (unpaired) electrons. The third kappa shape index (κ3) is 1.80. The van der Waals surface area contributed by atoms with Gasteiger partial charge >= 0.3 is 5.97 Å². The van der Waals surface area contributed by atoms with Crippen LogP contribution in [0, 0.1) is 0 Å². The molecule has 1 amide bonds. The molecule has 2 bridgehead atoms. The van der Waals surface area contributed by atoms with Crippen molar-refractivity contribution >= 4 is 27.8 Å². The van der Waals surface area contributed by atoms with Crippen LogP contribution in [0.15, 0.2) is 41.4 Å². The van der Waals surface area contributed by atoms with Crippen molar-refractivity contribution in [1.82, 2.24) is 4.90 Å². The number of halogens is 1. The van der Waals surface area contributed by atoms with E-state index >= 15 is 0 Å². The van der Waals surface area contributed by atoms with Gasteiger partial charge in [0.15, 0.2) is 0 Å². The van der Waals surface area contributed by atoms with E-state index in [1.807, 2.05) is 18.2 Å². The summed E-state index contributed by atoms with van der Waals surface area (Å²) in [4.78, 5) is 26.5. The van der Waals surface area contributed by atoms with E-state index in [2.05, 4.69) is 22.5 Å². The van der Waals surface area contributed by atoms with E-state index in [1.54, 1.807) is 17.0 Å². The predicted molar refractivity (Wildman–Crippen MR) is 77.2 cm³/mol. The molecule has 1 aromatic carbocycles. The van der Waals surface area contributed by atoms with Gasteiger partial charge in [0, 0.05) is 10.9 Å². The summed E-state index contributed by atoms with van der Waals surface area (Å²) in [5, 5.41) is 0. The van der Waals surface area contributed by atoms with Crippen molar-refractivity contribution in [3.8, 4) is 0 Å². The van der Waals surface area contributed by atoms with Gasteiger partial charge in [0.1, 0.15) is 11.6 Å². The first-order valence-electron chi connectivity index (χ1n) is 6.47. The van der Waals surface area contributed by atoms with Gasteiger partial charge in [-0.2, -0.15) is 0 Å². The second kappa shape index (κ2) is 4.74. The topological polar surface area (TPSA) is 46.6 Å². The lowest BCUT2D eigenvalue weighted by molar-refractivity contribution is -0.155. The Balaban J connectivity index is 1.98. The molecule has 3 rings (SSSR count). The van der Waals surface area contributed by atoms with Gasteiger partial charge in [0.05, 0.1) is 12.1 Å². The summed E-state index contributed by atoms with van der Waals surface area (Å²) in [7, 11) is 0. The van der Waals surface area contributed by atoms with Crippen LogP contribution < -0.4 is 0 Å². The second-order valence-corrected chi connectivity index (χ2v) is 6.01. The van der Waals surface area contributed by atoms with E-state index in [9.17, 15) is 9.59 Å². The fourth-order valence-corrected chi connectivity index (χ4v) is 3.49. The number of fused-ring (bicyclic) bond motifs is 2. The number of likely N-dealkylation sites (tertiary alicyclic amines) is 1. The number of carbonyl (C=O) groups is 2. The first kappa shape index (κ1) is 13.4. The zero-order valence-corrected chi connectivity index (χ0v) is 12.4. The Bertz CT molecular complexity index is 601. The van der Waals surface area contributed by atoms with Crippen LogP contribution in [0.5, 0.6) is 0 Å². The first-order chi connectivity index (χ1) is 9.58. The van der Waals surface area contributed by atoms with Gasteiger partial charge in [-0.05, 0) is 34.5 Å². The van der Waals surface area contributed by atoms with Gasteiger partial charge in [-0.1, -0.05) is 18.2 Å². The highest BCUT2D eigenvalue weighted by Gasteiger charge is 2.60. The highest BCUT2D eigenvalue weighted by Crippen LogP contribution is 2.43. The fraction of sp³-hybridized carbons (Fsp3) is 0.333. The maximum absolute atomic E-state index is 12.7. The minimum Gasteiger partial charge on any atom is -0.459 e. The van der Waals surface area contributed by atoms with Gasteiger partial charge in [-0.3, -0.25) is 4.79 Å². The van der Waals surface area contributed by atoms with E-state index in [-0.39, 0.29) is 18.0 Å². The molecule has 0 aromatic heterocycles. The summed E-state index contributed by atoms with van der Waals surface area (Å²) < 4.78 is 6.00. The van der Waals surface area contributed by atoms with Gasteiger partial charge in [-0.25, -0.2) is 4.79 Å². The third-order valence-corrected chi connectivity index (χ3v) is 4.64. The van der Waals surface area contributed by atoms with E-state index in [1.165, 1.54) is 0 Å². The zero-order chi connectivity index (χ0) is 14.3. The van der Waals surface area contributed by atoms with Crippen LogP contribution in [0.1, 0.15) is 23.2 Å². The SMILES string of the molecule is C=CC[C@]12C[C@H](CN1C(=O)c1ccccc1Br)OC2=O. The number of amides is 1.